The summed E-state index contributed by atoms with van der Waals surface area (Å²) in [6, 6.07) is 18.3. The van der Waals surface area contributed by atoms with Crippen LogP contribution in [0.4, 0.5) is 5.13 Å². The Labute approximate surface area is 170 Å². The summed E-state index contributed by atoms with van der Waals surface area (Å²) < 4.78 is 5.99. The fourth-order valence-electron chi connectivity index (χ4n) is 2.89. The first-order valence-corrected chi connectivity index (χ1v) is 10.3. The lowest BCUT2D eigenvalue weighted by Gasteiger charge is -2.14. The van der Waals surface area contributed by atoms with E-state index >= 15 is 0 Å². The molecule has 0 aliphatic heterocycles. The number of carbonyl (C=O) groups excluding carboxylic acids is 1. The van der Waals surface area contributed by atoms with Crippen molar-refractivity contribution in [3.05, 3.63) is 65.7 Å². The largest absolute Gasteiger partial charge is 0.492 e. The molecule has 3 rings (SSSR count). The van der Waals surface area contributed by atoms with E-state index in [0.29, 0.717) is 26.2 Å². The molecule has 6 heteroatoms. The molecular formula is C22H25N3O2S. The van der Waals surface area contributed by atoms with Crippen molar-refractivity contribution in [3.8, 4) is 16.9 Å². The van der Waals surface area contributed by atoms with Crippen molar-refractivity contribution >= 4 is 22.4 Å². The molecule has 1 amide bonds. The molecule has 0 spiro atoms. The van der Waals surface area contributed by atoms with Gasteiger partial charge in [-0.1, -0.05) is 48.5 Å². The number of nitrogens with one attached hydrogen (secondary N) is 1. The Bertz CT molecular complexity index is 896. The van der Waals surface area contributed by atoms with Gasteiger partial charge in [-0.05, 0) is 18.6 Å². The number of aromatic nitrogens is 1. The molecule has 1 heterocycles. The number of carbonyl (C=O) groups is 1. The van der Waals surface area contributed by atoms with Crippen molar-refractivity contribution in [2.45, 2.75) is 20.4 Å². The molecule has 1 N–H and O–H groups in total. The van der Waals surface area contributed by atoms with E-state index in [9.17, 15) is 4.79 Å². The van der Waals surface area contributed by atoms with Crippen LogP contribution in [0, 0.1) is 0 Å². The minimum absolute atomic E-state index is 0.0156. The lowest BCUT2D eigenvalue weighted by Crippen LogP contribution is -2.27. The van der Waals surface area contributed by atoms with Gasteiger partial charge in [0.2, 0.25) is 5.91 Å². The molecule has 5 nitrogen and oxygen atoms in total. The molecule has 0 saturated carbocycles. The minimum Gasteiger partial charge on any atom is -0.492 e. The molecule has 0 aliphatic rings. The summed E-state index contributed by atoms with van der Waals surface area (Å²) in [5.41, 5.74) is 3.17. The second kappa shape index (κ2) is 10.0. The van der Waals surface area contributed by atoms with E-state index in [2.05, 4.69) is 28.5 Å². The molecule has 0 bridgehead atoms. The Morgan fingerprint density at radius 1 is 1.14 bits per heavy atom. The van der Waals surface area contributed by atoms with Crippen LogP contribution in [0.25, 0.3) is 11.1 Å². The summed E-state index contributed by atoms with van der Waals surface area (Å²) >= 11 is 1.49. The topological polar surface area (TPSA) is 54.5 Å². The predicted octanol–water partition coefficient (Wildman–Crippen LogP) is 4.35. The quantitative estimate of drug-likeness (QED) is 0.547. The Kier molecular flexibility index (Phi) is 7.17. The van der Waals surface area contributed by atoms with Gasteiger partial charge in [0.15, 0.2) is 5.13 Å². The molecule has 0 atom stereocenters. The highest BCUT2D eigenvalue weighted by atomic mass is 32.1. The fourth-order valence-corrected chi connectivity index (χ4v) is 3.82. The van der Waals surface area contributed by atoms with E-state index < -0.39 is 0 Å². The monoisotopic (exact) mass is 395 g/mol. The number of hydrogen-bond donors (Lipinski definition) is 1. The van der Waals surface area contributed by atoms with Crippen molar-refractivity contribution in [1.29, 1.82) is 0 Å². The van der Waals surface area contributed by atoms with Crippen LogP contribution in [0.5, 0.6) is 5.75 Å². The average Bonchev–Trinajstić information content (AvgIpc) is 3.17. The number of anilines is 1. The maximum atomic E-state index is 11.6. The van der Waals surface area contributed by atoms with Crippen LogP contribution in [-0.4, -0.2) is 30.6 Å². The van der Waals surface area contributed by atoms with Crippen molar-refractivity contribution in [2.24, 2.45) is 0 Å². The molecule has 146 valence electrons. The van der Waals surface area contributed by atoms with E-state index in [0.717, 1.165) is 27.7 Å². The van der Waals surface area contributed by atoms with E-state index in [1.54, 1.807) is 11.8 Å². The van der Waals surface area contributed by atoms with Crippen LogP contribution in [0.15, 0.2) is 60.0 Å². The van der Waals surface area contributed by atoms with Crippen molar-refractivity contribution in [2.75, 3.05) is 24.6 Å². The van der Waals surface area contributed by atoms with Crippen LogP contribution < -0.4 is 15.0 Å². The van der Waals surface area contributed by atoms with Gasteiger partial charge in [0.25, 0.3) is 0 Å². The van der Waals surface area contributed by atoms with E-state index in [-0.39, 0.29) is 5.91 Å². The fraction of sp³-hybridized carbons (Fsp3) is 0.273. The molecule has 0 unspecified atom stereocenters. The molecule has 0 aliphatic carbocycles. The highest BCUT2D eigenvalue weighted by molar-refractivity contribution is 7.14. The Hall–Kier alpha value is -2.70. The van der Waals surface area contributed by atoms with Gasteiger partial charge in [-0.15, -0.1) is 11.3 Å². The van der Waals surface area contributed by atoms with Gasteiger partial charge in [0, 0.05) is 37.5 Å². The summed E-state index contributed by atoms with van der Waals surface area (Å²) in [6.07, 6.45) is 0. The number of para-hydroxylation sites is 1. The first-order valence-electron chi connectivity index (χ1n) is 9.39. The number of benzene rings is 2. The van der Waals surface area contributed by atoms with Crippen LogP contribution in [0.3, 0.4) is 0 Å². The number of amides is 1. The van der Waals surface area contributed by atoms with Crippen LogP contribution in [0.1, 0.15) is 19.5 Å². The SMILES string of the molecule is CCN(C(C)=O)c1nc(CNCCOc2ccccc2-c2ccccc2)cs1. The van der Waals surface area contributed by atoms with Crippen LogP contribution in [0.2, 0.25) is 0 Å². The van der Waals surface area contributed by atoms with Gasteiger partial charge < -0.3 is 10.1 Å². The van der Waals surface area contributed by atoms with Gasteiger partial charge >= 0.3 is 0 Å². The number of nitrogens with zero attached hydrogens (tertiary/aromatic N) is 2. The first-order chi connectivity index (χ1) is 13.7. The Morgan fingerprint density at radius 3 is 2.64 bits per heavy atom. The molecule has 0 saturated heterocycles. The number of thiazole rings is 1. The van der Waals surface area contributed by atoms with Gasteiger partial charge in [-0.2, -0.15) is 0 Å². The summed E-state index contributed by atoms with van der Waals surface area (Å²) in [7, 11) is 0. The lowest BCUT2D eigenvalue weighted by atomic mass is 10.1. The van der Waals surface area contributed by atoms with Crippen LogP contribution >= 0.6 is 11.3 Å². The number of hydrogen-bond acceptors (Lipinski definition) is 5. The summed E-state index contributed by atoms with van der Waals surface area (Å²) in [5.74, 6) is 0.897. The zero-order valence-corrected chi connectivity index (χ0v) is 17.0. The predicted molar refractivity (Wildman–Crippen MR) is 115 cm³/mol. The number of rotatable bonds is 9. The first kappa shape index (κ1) is 20.0. The van der Waals surface area contributed by atoms with Gasteiger partial charge in [0.1, 0.15) is 12.4 Å². The molecule has 0 fully saturated rings. The average molecular weight is 396 g/mol. The van der Waals surface area contributed by atoms with Gasteiger partial charge in [-0.3, -0.25) is 9.69 Å². The molecular weight excluding hydrogens is 370 g/mol. The zero-order chi connectivity index (χ0) is 19.8. The second-order valence-electron chi connectivity index (χ2n) is 6.27. The zero-order valence-electron chi connectivity index (χ0n) is 16.2. The maximum absolute atomic E-state index is 11.6. The van der Waals surface area contributed by atoms with Gasteiger partial charge in [-0.25, -0.2) is 4.98 Å². The number of ether oxygens (including phenoxy) is 1. The third-order valence-electron chi connectivity index (χ3n) is 4.28. The molecule has 0 radical (unpaired) electrons. The van der Waals surface area contributed by atoms with E-state index in [1.807, 2.05) is 48.7 Å². The molecule has 28 heavy (non-hydrogen) atoms. The third-order valence-corrected chi connectivity index (χ3v) is 5.19. The highest BCUT2D eigenvalue weighted by Crippen LogP contribution is 2.29. The standard InChI is InChI=1S/C22H25N3O2S/c1-3-25(17(2)26)22-24-19(16-28-22)15-23-13-14-27-21-12-8-7-11-20(21)18-9-5-4-6-10-18/h4-12,16,23H,3,13-15H2,1-2H3. The second-order valence-corrected chi connectivity index (χ2v) is 7.11. The van der Waals surface area contributed by atoms with Crippen molar-refractivity contribution in [3.63, 3.8) is 0 Å². The van der Waals surface area contributed by atoms with Crippen molar-refractivity contribution < 1.29 is 9.53 Å². The third kappa shape index (κ3) is 5.18. The minimum atomic E-state index is 0.0156. The molecule has 3 aromatic rings. The maximum Gasteiger partial charge on any atom is 0.225 e. The van der Waals surface area contributed by atoms with Crippen molar-refractivity contribution in [1.82, 2.24) is 10.3 Å². The highest BCUT2D eigenvalue weighted by Gasteiger charge is 2.13. The smallest absolute Gasteiger partial charge is 0.225 e. The van der Waals surface area contributed by atoms with Gasteiger partial charge in [0.05, 0.1) is 5.69 Å². The van der Waals surface area contributed by atoms with Crippen LogP contribution in [-0.2, 0) is 11.3 Å². The summed E-state index contributed by atoms with van der Waals surface area (Å²) in [4.78, 5) is 17.8. The van der Waals surface area contributed by atoms with E-state index in [4.69, 9.17) is 4.74 Å². The van der Waals surface area contributed by atoms with E-state index in [1.165, 1.54) is 11.3 Å². The molecule has 2 aromatic carbocycles. The Morgan fingerprint density at radius 2 is 1.89 bits per heavy atom. The molecule has 1 aromatic heterocycles. The lowest BCUT2D eigenvalue weighted by molar-refractivity contribution is -0.116. The summed E-state index contributed by atoms with van der Waals surface area (Å²) in [5, 5.41) is 6.08. The normalized spacial score (nSPS) is 10.6. The summed E-state index contributed by atoms with van der Waals surface area (Å²) in [6.45, 7) is 6.06. The Balaban J connectivity index is 1.49.